The molecular weight excluding hydrogens is 342 g/mol. The van der Waals surface area contributed by atoms with Crippen LogP contribution >= 0.6 is 0 Å². The van der Waals surface area contributed by atoms with Crippen LogP contribution < -0.4 is 5.32 Å². The SMILES string of the molecule is C[Si](C)(C)OC1c2ccccc2Nc2ccccc2C1O[Si](C)(C)C. The molecule has 3 nitrogen and oxygen atoms in total. The van der Waals surface area contributed by atoms with Gasteiger partial charge in [-0.1, -0.05) is 36.4 Å². The van der Waals surface area contributed by atoms with Gasteiger partial charge >= 0.3 is 0 Å². The Morgan fingerprint density at radius 1 is 0.640 bits per heavy atom. The smallest absolute Gasteiger partial charge is 0.184 e. The van der Waals surface area contributed by atoms with Gasteiger partial charge in [0.15, 0.2) is 16.6 Å². The molecule has 1 N–H and O–H groups in total. The zero-order valence-corrected chi connectivity index (χ0v) is 18.1. The maximum Gasteiger partial charge on any atom is 0.184 e. The first-order chi connectivity index (χ1) is 11.6. The Kier molecular flexibility index (Phi) is 4.94. The van der Waals surface area contributed by atoms with Gasteiger partial charge in [-0.25, -0.2) is 0 Å². The molecule has 2 aromatic rings. The van der Waals surface area contributed by atoms with Gasteiger partial charge in [-0.2, -0.15) is 0 Å². The van der Waals surface area contributed by atoms with Crippen LogP contribution in [0.25, 0.3) is 0 Å². The van der Waals surface area contributed by atoms with Gasteiger partial charge in [-0.05, 0) is 51.4 Å². The van der Waals surface area contributed by atoms with E-state index in [9.17, 15) is 0 Å². The van der Waals surface area contributed by atoms with Crippen LogP contribution in [0.4, 0.5) is 11.4 Å². The third kappa shape index (κ3) is 4.41. The Hall–Kier alpha value is -1.41. The Morgan fingerprint density at radius 3 is 1.36 bits per heavy atom. The highest BCUT2D eigenvalue weighted by Crippen LogP contribution is 2.47. The molecule has 0 aliphatic carbocycles. The van der Waals surface area contributed by atoms with Gasteiger partial charge in [0.25, 0.3) is 0 Å². The molecule has 0 saturated carbocycles. The summed E-state index contributed by atoms with van der Waals surface area (Å²) in [5.74, 6) is 0. The van der Waals surface area contributed by atoms with Crippen molar-refractivity contribution in [1.29, 1.82) is 0 Å². The number of rotatable bonds is 4. The largest absolute Gasteiger partial charge is 0.408 e. The molecule has 3 rings (SSSR count). The van der Waals surface area contributed by atoms with E-state index >= 15 is 0 Å². The lowest BCUT2D eigenvalue weighted by atomic mass is 9.98. The maximum atomic E-state index is 6.70. The molecule has 0 bridgehead atoms. The predicted molar refractivity (Wildman–Crippen MR) is 111 cm³/mol. The highest BCUT2D eigenvalue weighted by atomic mass is 28.4. The van der Waals surface area contributed by atoms with Crippen molar-refractivity contribution in [1.82, 2.24) is 0 Å². The number of para-hydroxylation sites is 2. The summed E-state index contributed by atoms with van der Waals surface area (Å²) in [7, 11) is -3.53. The van der Waals surface area contributed by atoms with Crippen LogP contribution in [0.3, 0.4) is 0 Å². The summed E-state index contributed by atoms with van der Waals surface area (Å²) in [6.07, 6.45) is -0.184. The number of hydrogen-bond donors (Lipinski definition) is 1. The summed E-state index contributed by atoms with van der Waals surface area (Å²) >= 11 is 0. The minimum Gasteiger partial charge on any atom is -0.408 e. The zero-order chi connectivity index (χ0) is 18.2. The quantitative estimate of drug-likeness (QED) is 0.646. The standard InChI is InChI=1S/C20H29NO2Si2/c1-24(2,3)22-19-15-11-7-9-13-17(15)21-18-14-10-8-12-16(18)20(19)23-25(4,5)6/h7-14,19-21H,1-6H3. The Balaban J connectivity index is 2.18. The third-order valence-electron chi connectivity index (χ3n) is 4.04. The zero-order valence-electron chi connectivity index (χ0n) is 16.1. The summed E-state index contributed by atoms with van der Waals surface area (Å²) in [5.41, 5.74) is 4.59. The van der Waals surface area contributed by atoms with Crippen molar-refractivity contribution in [3.05, 3.63) is 59.7 Å². The van der Waals surface area contributed by atoms with Crippen LogP contribution in [-0.2, 0) is 8.85 Å². The molecule has 0 aromatic heterocycles. The Bertz CT molecular complexity index is 686. The van der Waals surface area contributed by atoms with E-state index in [0.29, 0.717) is 0 Å². The van der Waals surface area contributed by atoms with Crippen molar-refractivity contribution < 1.29 is 8.85 Å². The summed E-state index contributed by atoms with van der Waals surface area (Å²) in [6.45, 7) is 13.4. The molecule has 0 amide bonds. The van der Waals surface area contributed by atoms with Crippen molar-refractivity contribution in [2.45, 2.75) is 51.5 Å². The summed E-state index contributed by atoms with van der Waals surface area (Å²) < 4.78 is 13.4. The predicted octanol–water partition coefficient (Wildman–Crippen LogP) is 6.23. The highest BCUT2D eigenvalue weighted by Gasteiger charge is 2.38. The van der Waals surface area contributed by atoms with E-state index < -0.39 is 16.6 Å². The first-order valence-electron chi connectivity index (χ1n) is 8.95. The summed E-state index contributed by atoms with van der Waals surface area (Å²) in [6, 6.07) is 16.9. The molecule has 1 aliphatic heterocycles. The van der Waals surface area contributed by atoms with Crippen molar-refractivity contribution in [2.75, 3.05) is 5.32 Å². The van der Waals surface area contributed by atoms with Crippen LogP contribution in [0.15, 0.2) is 48.5 Å². The average molecular weight is 372 g/mol. The number of hydrogen-bond acceptors (Lipinski definition) is 3. The van der Waals surface area contributed by atoms with Gasteiger partial charge in [0, 0.05) is 22.5 Å². The van der Waals surface area contributed by atoms with Crippen molar-refractivity contribution >= 4 is 28.0 Å². The van der Waals surface area contributed by atoms with E-state index in [1.54, 1.807) is 0 Å². The first kappa shape index (κ1) is 18.4. The highest BCUT2D eigenvalue weighted by molar-refractivity contribution is 6.70. The van der Waals surface area contributed by atoms with Crippen molar-refractivity contribution in [3.63, 3.8) is 0 Å². The first-order valence-corrected chi connectivity index (χ1v) is 15.8. The normalized spacial score (nSPS) is 20.2. The second-order valence-corrected chi connectivity index (χ2v) is 17.5. The monoisotopic (exact) mass is 371 g/mol. The molecule has 0 spiro atoms. The van der Waals surface area contributed by atoms with Gasteiger partial charge in [-0.3, -0.25) is 0 Å². The molecule has 2 atom stereocenters. The van der Waals surface area contributed by atoms with Gasteiger partial charge in [0.1, 0.15) is 12.2 Å². The van der Waals surface area contributed by atoms with Crippen molar-refractivity contribution in [2.24, 2.45) is 0 Å². The number of nitrogens with one attached hydrogen (secondary N) is 1. The third-order valence-corrected chi connectivity index (χ3v) is 5.96. The molecule has 0 saturated heterocycles. The van der Waals surface area contributed by atoms with Crippen LogP contribution in [0.1, 0.15) is 23.3 Å². The van der Waals surface area contributed by atoms with E-state index in [2.05, 4.69) is 93.1 Å². The fraction of sp³-hybridized carbons (Fsp3) is 0.400. The average Bonchev–Trinajstić information content (AvgIpc) is 2.61. The Morgan fingerprint density at radius 2 is 1.00 bits per heavy atom. The number of benzene rings is 2. The van der Waals surface area contributed by atoms with Gasteiger partial charge in [0.2, 0.25) is 0 Å². The molecule has 2 aromatic carbocycles. The molecule has 2 unspecified atom stereocenters. The second kappa shape index (κ2) is 6.72. The lowest BCUT2D eigenvalue weighted by Gasteiger charge is -2.36. The van der Waals surface area contributed by atoms with E-state index in [1.165, 1.54) is 11.1 Å². The van der Waals surface area contributed by atoms with Gasteiger partial charge < -0.3 is 14.2 Å². The molecule has 1 aliphatic rings. The topological polar surface area (TPSA) is 30.5 Å². The molecule has 1 heterocycles. The Labute approximate surface area is 153 Å². The molecule has 25 heavy (non-hydrogen) atoms. The van der Waals surface area contributed by atoms with E-state index in [1.807, 2.05) is 0 Å². The van der Waals surface area contributed by atoms with E-state index in [4.69, 9.17) is 8.85 Å². The van der Waals surface area contributed by atoms with Crippen LogP contribution in [0.5, 0.6) is 0 Å². The van der Waals surface area contributed by atoms with Gasteiger partial charge in [0.05, 0.1) is 0 Å². The summed E-state index contributed by atoms with van der Waals surface area (Å²) in [4.78, 5) is 0. The van der Waals surface area contributed by atoms with Crippen LogP contribution in [-0.4, -0.2) is 16.6 Å². The van der Waals surface area contributed by atoms with Crippen molar-refractivity contribution in [3.8, 4) is 0 Å². The molecule has 0 fully saturated rings. The van der Waals surface area contributed by atoms with E-state index in [-0.39, 0.29) is 12.2 Å². The van der Waals surface area contributed by atoms with Crippen LogP contribution in [0.2, 0.25) is 39.3 Å². The van der Waals surface area contributed by atoms with E-state index in [0.717, 1.165) is 11.4 Å². The number of fused-ring (bicyclic) bond motifs is 2. The van der Waals surface area contributed by atoms with Gasteiger partial charge in [-0.15, -0.1) is 0 Å². The second-order valence-electron chi connectivity index (χ2n) is 8.60. The fourth-order valence-electron chi connectivity index (χ4n) is 3.20. The summed E-state index contributed by atoms with van der Waals surface area (Å²) in [5, 5.41) is 3.61. The minimum atomic E-state index is -1.77. The molecule has 5 heteroatoms. The molecule has 134 valence electrons. The maximum absolute atomic E-state index is 6.70. The molecular formula is C20H29NO2Si2. The van der Waals surface area contributed by atoms with Crippen LogP contribution in [0, 0.1) is 0 Å². The molecule has 0 radical (unpaired) electrons. The lowest BCUT2D eigenvalue weighted by Crippen LogP contribution is -2.35. The number of anilines is 2. The lowest BCUT2D eigenvalue weighted by molar-refractivity contribution is 0.0437. The minimum absolute atomic E-state index is 0.0919. The fourth-order valence-corrected chi connectivity index (χ4v) is 5.23.